The summed E-state index contributed by atoms with van der Waals surface area (Å²) in [6.45, 7) is 9.47. The van der Waals surface area contributed by atoms with Crippen molar-refractivity contribution in [2.75, 3.05) is 63.4 Å². The van der Waals surface area contributed by atoms with Crippen LogP contribution in [-0.2, 0) is 18.8 Å². The summed E-state index contributed by atoms with van der Waals surface area (Å²) in [7, 11) is 7.07. The molecule has 21 heteroatoms. The van der Waals surface area contributed by atoms with Gasteiger partial charge in [-0.2, -0.15) is 37.2 Å². The molecule has 10 rings (SSSR count). The molecule has 1 amide bonds. The normalized spacial score (nSPS) is 15.0. The fourth-order valence-corrected chi connectivity index (χ4v) is 9.72. The zero-order chi connectivity index (χ0) is 50.7. The van der Waals surface area contributed by atoms with E-state index in [2.05, 4.69) is 47.0 Å². The number of methoxy groups -OCH3 is 2. The smallest absolute Gasteiger partial charge is 0.410 e. The second-order valence-corrected chi connectivity index (χ2v) is 19.8. The SMILES string of the molecule is COc1cc(OC)cc(N(CCN2C[C@@H]3C[C@H]2CN3C(=O)OC(C)(C)C)c2ccc3ncc(-c4cnn(C)c4)nc3c2)c1.Cn1cc(-c2cnc3ccc(N(CCCO)c4cc(Cl)cc(Cl)c4)cc3n2)cn1.S.S. The number of carbonyl (C=O) groups excluding carboxylic acids is 1. The number of piperazine rings is 1. The number of anilines is 4. The second-order valence-electron chi connectivity index (χ2n) is 18.9. The highest BCUT2D eigenvalue weighted by molar-refractivity contribution is 7.59. The van der Waals surface area contributed by atoms with Crippen molar-refractivity contribution in [1.29, 1.82) is 0 Å². The van der Waals surface area contributed by atoms with E-state index in [-0.39, 0.29) is 45.7 Å². The van der Waals surface area contributed by atoms with Gasteiger partial charge in [0.05, 0.1) is 72.5 Å². The molecule has 0 radical (unpaired) electrons. The van der Waals surface area contributed by atoms with E-state index >= 15 is 0 Å². The van der Waals surface area contributed by atoms with Crippen LogP contribution in [0.5, 0.6) is 11.5 Å². The fraction of sp³-hybridized carbons (Fsp3) is 0.340. The summed E-state index contributed by atoms with van der Waals surface area (Å²) in [5, 5.41) is 18.9. The van der Waals surface area contributed by atoms with Crippen LogP contribution in [0.4, 0.5) is 27.5 Å². The molecule has 1 N–H and O–H groups in total. The molecular weight excluding hydrogens is 1020 g/mol. The van der Waals surface area contributed by atoms with E-state index in [1.807, 2.05) is 107 Å². The monoisotopic (exact) mass is 1080 g/mol. The molecule has 6 heterocycles. The molecule has 2 aliphatic heterocycles. The zero-order valence-electron chi connectivity index (χ0n) is 42.4. The molecule has 4 aromatic carbocycles. The summed E-state index contributed by atoms with van der Waals surface area (Å²) in [6, 6.07) is 23.9. The van der Waals surface area contributed by atoms with E-state index in [0.717, 1.165) is 86.8 Å². The van der Waals surface area contributed by atoms with Gasteiger partial charge in [-0.1, -0.05) is 23.2 Å². The quantitative estimate of drug-likeness (QED) is 0.109. The topological polar surface area (TPSA) is 165 Å². The number of aliphatic hydroxyl groups is 1. The third kappa shape index (κ3) is 12.9. The number of hydrogen-bond donors (Lipinski definition) is 1. The number of amides is 1. The van der Waals surface area contributed by atoms with Crippen LogP contribution in [0.25, 0.3) is 44.6 Å². The number of aliphatic hydroxyl groups excluding tert-OH is 1. The van der Waals surface area contributed by atoms with Gasteiger partial charge < -0.3 is 34.0 Å². The minimum atomic E-state index is -0.500. The van der Waals surface area contributed by atoms with Crippen LogP contribution >= 0.6 is 50.2 Å². The van der Waals surface area contributed by atoms with Crippen molar-refractivity contribution in [3.63, 3.8) is 0 Å². The van der Waals surface area contributed by atoms with Crippen LogP contribution in [0, 0.1) is 0 Å². The summed E-state index contributed by atoms with van der Waals surface area (Å²) in [4.78, 5) is 40.4. The maximum atomic E-state index is 12.8. The molecule has 2 bridgehead atoms. The van der Waals surface area contributed by atoms with E-state index in [1.165, 1.54) is 0 Å². The van der Waals surface area contributed by atoms with Gasteiger partial charge in [-0.05, 0) is 88.2 Å². The molecule has 0 aliphatic carbocycles. The van der Waals surface area contributed by atoms with Crippen molar-refractivity contribution in [3.8, 4) is 34.0 Å². The van der Waals surface area contributed by atoms with Crippen molar-refractivity contribution in [2.24, 2.45) is 14.1 Å². The van der Waals surface area contributed by atoms with Gasteiger partial charge in [0, 0.05) is 140 Å². The lowest BCUT2D eigenvalue weighted by molar-refractivity contribution is 0.0132. The lowest BCUT2D eigenvalue weighted by atomic mass is 10.2. The van der Waals surface area contributed by atoms with Crippen LogP contribution < -0.4 is 19.3 Å². The minimum absolute atomic E-state index is 0. The Morgan fingerprint density at radius 2 is 1.20 bits per heavy atom. The minimum Gasteiger partial charge on any atom is -0.497 e. The van der Waals surface area contributed by atoms with Crippen molar-refractivity contribution < 1.29 is 24.1 Å². The molecule has 17 nitrogen and oxygen atoms in total. The third-order valence-corrected chi connectivity index (χ3v) is 13.1. The molecular formula is C53H62Cl2N12O5S2. The molecule has 390 valence electrons. The standard InChI is InChI=1S/C32H39N7O4.C21H19Cl2N5O.2H2S/c1-32(2,3)43-31(40)39-20-24-11-25(39)19-37(24)9-10-38(23-12-26(41-5)15-27(13-23)42-6)22-7-8-28-29(14-22)35-30(17-33-28)21-16-34-36(4)18-21;1-27-13-14(11-25-27)21-12-24-19-4-3-17(10-20(19)26-21)28(5-2-6-29)18-8-15(22)7-16(23)9-18;;/h7-8,12-18,24-25H,9-11,19-20H2,1-6H3;3-4,7-13,29H,2,5-6H2,1H3;2*1H2/t24-,25-;;;/m0.../s1. The summed E-state index contributed by atoms with van der Waals surface area (Å²) >= 11 is 12.4. The summed E-state index contributed by atoms with van der Waals surface area (Å²) in [6.07, 6.45) is 12.3. The number of benzene rings is 4. The number of likely N-dealkylation sites (tertiary alicyclic amines) is 2. The van der Waals surface area contributed by atoms with Gasteiger partial charge in [-0.25, -0.2) is 14.8 Å². The Bertz CT molecular complexity index is 3190. The number of halogens is 2. The number of carbonyl (C=O) groups is 1. The second kappa shape index (κ2) is 23.9. The molecule has 8 aromatic rings. The Morgan fingerprint density at radius 1 is 0.676 bits per heavy atom. The van der Waals surface area contributed by atoms with Gasteiger partial charge in [0.2, 0.25) is 0 Å². The first-order valence-corrected chi connectivity index (χ1v) is 24.5. The van der Waals surface area contributed by atoms with E-state index < -0.39 is 5.60 Å². The van der Waals surface area contributed by atoms with Crippen molar-refractivity contribution in [3.05, 3.63) is 120 Å². The Kier molecular flexibility index (Phi) is 17.9. The number of hydrogen-bond acceptors (Lipinski definition) is 14. The van der Waals surface area contributed by atoms with Crippen LogP contribution in [0.1, 0.15) is 33.6 Å². The Labute approximate surface area is 454 Å². The van der Waals surface area contributed by atoms with Crippen molar-refractivity contribution >= 4 is 101 Å². The summed E-state index contributed by atoms with van der Waals surface area (Å²) < 4.78 is 20.4. The molecule has 0 spiro atoms. The van der Waals surface area contributed by atoms with Gasteiger partial charge in [-0.15, -0.1) is 0 Å². The van der Waals surface area contributed by atoms with Crippen LogP contribution in [-0.4, -0.2) is 132 Å². The Morgan fingerprint density at radius 3 is 1.66 bits per heavy atom. The average Bonchev–Trinajstić information content (AvgIpc) is 4.19. The predicted molar refractivity (Wildman–Crippen MR) is 303 cm³/mol. The highest BCUT2D eigenvalue weighted by Crippen LogP contribution is 2.37. The number of nitrogens with zero attached hydrogens (tertiary/aromatic N) is 12. The largest absolute Gasteiger partial charge is 0.497 e. The van der Waals surface area contributed by atoms with Crippen molar-refractivity contribution in [1.82, 2.24) is 49.3 Å². The van der Waals surface area contributed by atoms with Gasteiger partial charge in [-0.3, -0.25) is 24.2 Å². The summed E-state index contributed by atoms with van der Waals surface area (Å²) in [5.41, 5.74) is 9.75. The van der Waals surface area contributed by atoms with Crippen molar-refractivity contribution in [2.45, 2.75) is 51.3 Å². The first kappa shape index (κ1) is 55.4. The molecule has 2 aliphatic rings. The van der Waals surface area contributed by atoms with Gasteiger partial charge >= 0.3 is 6.09 Å². The van der Waals surface area contributed by atoms with E-state index in [1.54, 1.807) is 54.4 Å². The number of rotatable bonds is 14. The Hall–Kier alpha value is -6.35. The lowest BCUT2D eigenvalue weighted by Crippen LogP contribution is -2.51. The van der Waals surface area contributed by atoms with E-state index in [9.17, 15) is 9.90 Å². The zero-order valence-corrected chi connectivity index (χ0v) is 45.9. The molecule has 74 heavy (non-hydrogen) atoms. The van der Waals surface area contributed by atoms with E-state index in [0.29, 0.717) is 53.6 Å². The lowest BCUT2D eigenvalue weighted by Gasteiger charge is -2.36. The maximum absolute atomic E-state index is 12.8. The maximum Gasteiger partial charge on any atom is 0.410 e. The molecule has 4 aromatic heterocycles. The molecule has 2 atom stereocenters. The molecule has 2 fully saturated rings. The number of aromatic nitrogens is 8. The number of aryl methyl sites for hydroxylation is 2. The fourth-order valence-electron chi connectivity index (χ4n) is 9.20. The molecule has 2 saturated heterocycles. The first-order chi connectivity index (χ1) is 34.6. The average molecular weight is 1080 g/mol. The first-order valence-electron chi connectivity index (χ1n) is 23.7. The van der Waals surface area contributed by atoms with Gasteiger partial charge in [0.25, 0.3) is 0 Å². The third-order valence-electron chi connectivity index (χ3n) is 12.6. The van der Waals surface area contributed by atoms with Crippen LogP contribution in [0.2, 0.25) is 10.0 Å². The molecule has 0 unspecified atom stereocenters. The highest BCUT2D eigenvalue weighted by atomic mass is 35.5. The predicted octanol–water partition coefficient (Wildman–Crippen LogP) is 9.96. The summed E-state index contributed by atoms with van der Waals surface area (Å²) in [5.74, 6) is 1.43. The van der Waals surface area contributed by atoms with E-state index in [4.69, 9.17) is 47.4 Å². The highest BCUT2D eigenvalue weighted by Gasteiger charge is 2.46. The van der Waals surface area contributed by atoms with Gasteiger partial charge in [0.15, 0.2) is 0 Å². The van der Waals surface area contributed by atoms with Crippen LogP contribution in [0.3, 0.4) is 0 Å². The number of ether oxygens (including phenoxy) is 3. The number of fused-ring (bicyclic) bond motifs is 4. The molecule has 0 saturated carbocycles. The van der Waals surface area contributed by atoms with Gasteiger partial charge in [0.1, 0.15) is 17.1 Å². The Balaban J connectivity index is 0.000000226. The van der Waals surface area contributed by atoms with Crippen LogP contribution in [0.15, 0.2) is 110 Å².